The van der Waals surface area contributed by atoms with Crippen molar-refractivity contribution in [1.82, 2.24) is 9.62 Å². The summed E-state index contributed by atoms with van der Waals surface area (Å²) < 4.78 is 34.6. The molecule has 0 fully saturated rings. The van der Waals surface area contributed by atoms with Gasteiger partial charge in [0.15, 0.2) is 0 Å². The zero-order valence-electron chi connectivity index (χ0n) is 11.7. The fourth-order valence-electron chi connectivity index (χ4n) is 2.18. The molecule has 1 aliphatic carbocycles. The fraction of sp³-hybridized carbons (Fsp3) is 0.583. The first-order chi connectivity index (χ1) is 9.39. The summed E-state index contributed by atoms with van der Waals surface area (Å²) in [5.41, 5.74) is 6.85. The summed E-state index contributed by atoms with van der Waals surface area (Å²) in [5, 5.41) is 0. The number of ether oxygens (including phenoxy) is 1. The Hall–Kier alpha value is -1.38. The SMILES string of the molecule is CN(C)CCCOC1CC=CC2=C1C(N)=NS(=O)(=O)N2. The minimum atomic E-state index is -3.72. The lowest BCUT2D eigenvalue weighted by molar-refractivity contribution is 0.0758. The standard InChI is InChI=1S/C12H20N4O3S/c1-16(2)7-4-8-19-10-6-3-5-9-11(10)12(13)15-20(17,18)14-9/h3,5,10,14H,4,6-8H2,1-2H3,(H2,13,15). The number of hydrogen-bond donors (Lipinski definition) is 2. The Balaban J connectivity index is 2.04. The quantitative estimate of drug-likeness (QED) is 0.682. The van der Waals surface area contributed by atoms with Crippen molar-refractivity contribution in [3.05, 3.63) is 23.4 Å². The second-order valence-corrected chi connectivity index (χ2v) is 6.37. The zero-order valence-corrected chi connectivity index (χ0v) is 12.5. The highest BCUT2D eigenvalue weighted by atomic mass is 32.2. The van der Waals surface area contributed by atoms with Crippen molar-refractivity contribution in [1.29, 1.82) is 0 Å². The molecule has 1 heterocycles. The van der Waals surface area contributed by atoms with Gasteiger partial charge in [0.1, 0.15) is 5.84 Å². The summed E-state index contributed by atoms with van der Waals surface area (Å²) in [6.07, 6.45) is 4.89. The maximum Gasteiger partial charge on any atom is 0.344 e. The zero-order chi connectivity index (χ0) is 14.8. The van der Waals surface area contributed by atoms with Crippen molar-refractivity contribution in [3.63, 3.8) is 0 Å². The summed E-state index contributed by atoms with van der Waals surface area (Å²) in [7, 11) is 0.288. The molecular formula is C12H20N4O3S. The molecule has 0 spiro atoms. The molecule has 0 saturated carbocycles. The highest BCUT2D eigenvalue weighted by Gasteiger charge is 2.30. The highest BCUT2D eigenvalue weighted by molar-refractivity contribution is 7.88. The maximum absolute atomic E-state index is 11.5. The van der Waals surface area contributed by atoms with Gasteiger partial charge in [-0.3, -0.25) is 4.72 Å². The summed E-state index contributed by atoms with van der Waals surface area (Å²) >= 11 is 0. The van der Waals surface area contributed by atoms with Gasteiger partial charge in [0, 0.05) is 12.2 Å². The van der Waals surface area contributed by atoms with Crippen LogP contribution in [0.25, 0.3) is 0 Å². The molecule has 8 heteroatoms. The van der Waals surface area contributed by atoms with E-state index in [-0.39, 0.29) is 11.9 Å². The lowest BCUT2D eigenvalue weighted by atomic mass is 9.98. The van der Waals surface area contributed by atoms with E-state index in [1.54, 1.807) is 6.08 Å². The van der Waals surface area contributed by atoms with Crippen LogP contribution in [-0.4, -0.2) is 52.5 Å². The Kier molecular flexibility index (Phi) is 4.46. The van der Waals surface area contributed by atoms with Crippen LogP contribution in [0, 0.1) is 0 Å². The predicted molar refractivity (Wildman–Crippen MR) is 77.4 cm³/mol. The average Bonchev–Trinajstić information content (AvgIpc) is 2.32. The van der Waals surface area contributed by atoms with E-state index in [9.17, 15) is 8.42 Å². The molecule has 20 heavy (non-hydrogen) atoms. The largest absolute Gasteiger partial charge is 0.383 e. The van der Waals surface area contributed by atoms with Gasteiger partial charge >= 0.3 is 10.2 Å². The van der Waals surface area contributed by atoms with E-state index < -0.39 is 10.2 Å². The van der Waals surface area contributed by atoms with Crippen molar-refractivity contribution in [2.75, 3.05) is 27.2 Å². The fourth-order valence-corrected chi connectivity index (χ4v) is 3.04. The van der Waals surface area contributed by atoms with Crippen LogP contribution in [0.4, 0.5) is 0 Å². The maximum atomic E-state index is 11.5. The molecule has 1 aliphatic heterocycles. The van der Waals surface area contributed by atoms with Crippen molar-refractivity contribution in [3.8, 4) is 0 Å². The van der Waals surface area contributed by atoms with Crippen molar-refractivity contribution >= 4 is 16.0 Å². The molecule has 0 bridgehead atoms. The number of amidine groups is 1. The Morgan fingerprint density at radius 2 is 2.30 bits per heavy atom. The van der Waals surface area contributed by atoms with E-state index in [0.717, 1.165) is 13.0 Å². The van der Waals surface area contributed by atoms with E-state index in [1.165, 1.54) is 0 Å². The molecule has 1 unspecified atom stereocenters. The summed E-state index contributed by atoms with van der Waals surface area (Å²) in [5.74, 6) is 0.0145. The van der Waals surface area contributed by atoms with Gasteiger partial charge in [-0.2, -0.15) is 8.42 Å². The summed E-state index contributed by atoms with van der Waals surface area (Å²) in [6, 6.07) is 0. The minimum absolute atomic E-state index is 0.0145. The second kappa shape index (κ2) is 5.94. The lowest BCUT2D eigenvalue weighted by Gasteiger charge is -2.27. The molecular weight excluding hydrogens is 280 g/mol. The third kappa shape index (κ3) is 3.59. The van der Waals surface area contributed by atoms with E-state index in [0.29, 0.717) is 24.3 Å². The normalized spacial score (nSPS) is 24.4. The van der Waals surface area contributed by atoms with E-state index in [1.807, 2.05) is 20.2 Å². The molecule has 3 N–H and O–H groups in total. The van der Waals surface area contributed by atoms with Crippen LogP contribution in [0.5, 0.6) is 0 Å². The Morgan fingerprint density at radius 1 is 1.55 bits per heavy atom. The Morgan fingerprint density at radius 3 is 3.00 bits per heavy atom. The molecule has 0 amide bonds. The second-order valence-electron chi connectivity index (χ2n) is 5.04. The molecule has 0 radical (unpaired) electrons. The Bertz CT molecular complexity index is 563. The van der Waals surface area contributed by atoms with Crippen LogP contribution in [0.3, 0.4) is 0 Å². The number of nitrogens with two attached hydrogens (primary N) is 1. The van der Waals surface area contributed by atoms with Crippen molar-refractivity contribution < 1.29 is 13.2 Å². The first kappa shape index (κ1) is 15.0. The van der Waals surface area contributed by atoms with E-state index >= 15 is 0 Å². The van der Waals surface area contributed by atoms with Gasteiger partial charge in [-0.05, 0) is 39.6 Å². The monoisotopic (exact) mass is 300 g/mol. The molecule has 0 aromatic carbocycles. The topological polar surface area (TPSA) is 97.0 Å². The molecule has 0 aromatic heterocycles. The number of nitrogens with zero attached hydrogens (tertiary/aromatic N) is 2. The van der Waals surface area contributed by atoms with Gasteiger partial charge in [0.2, 0.25) is 0 Å². The predicted octanol–water partition coefficient (Wildman–Crippen LogP) is -0.257. The first-order valence-corrected chi connectivity index (χ1v) is 7.88. The molecule has 2 rings (SSSR count). The van der Waals surface area contributed by atoms with Gasteiger partial charge < -0.3 is 15.4 Å². The number of hydrogen-bond acceptors (Lipinski definition) is 5. The van der Waals surface area contributed by atoms with Crippen LogP contribution in [0.1, 0.15) is 12.8 Å². The number of nitrogens with one attached hydrogen (secondary N) is 1. The number of rotatable bonds is 5. The molecule has 112 valence electrons. The highest BCUT2D eigenvalue weighted by Crippen LogP contribution is 2.25. The summed E-state index contributed by atoms with van der Waals surface area (Å²) in [4.78, 5) is 2.08. The molecule has 1 atom stereocenters. The van der Waals surface area contributed by atoms with E-state index in [4.69, 9.17) is 10.5 Å². The van der Waals surface area contributed by atoms with Crippen LogP contribution in [0.15, 0.2) is 27.8 Å². The third-order valence-corrected chi connectivity index (χ3v) is 3.96. The Labute approximate surface area is 119 Å². The van der Waals surface area contributed by atoms with Crippen molar-refractivity contribution in [2.45, 2.75) is 18.9 Å². The first-order valence-electron chi connectivity index (χ1n) is 6.44. The van der Waals surface area contributed by atoms with Crippen LogP contribution in [-0.2, 0) is 14.9 Å². The van der Waals surface area contributed by atoms with Crippen molar-refractivity contribution in [2.24, 2.45) is 10.1 Å². The summed E-state index contributed by atoms with van der Waals surface area (Å²) in [6.45, 7) is 1.53. The van der Waals surface area contributed by atoms with Crippen LogP contribution < -0.4 is 10.5 Å². The van der Waals surface area contributed by atoms with Gasteiger partial charge in [-0.25, -0.2) is 0 Å². The van der Waals surface area contributed by atoms with Gasteiger partial charge in [-0.15, -0.1) is 4.40 Å². The molecule has 0 saturated heterocycles. The number of allylic oxidation sites excluding steroid dienone is 1. The van der Waals surface area contributed by atoms with Gasteiger partial charge in [0.05, 0.1) is 11.8 Å². The van der Waals surface area contributed by atoms with E-state index in [2.05, 4.69) is 14.0 Å². The third-order valence-electron chi connectivity index (χ3n) is 3.05. The molecule has 0 aromatic rings. The van der Waals surface area contributed by atoms with Crippen LogP contribution in [0.2, 0.25) is 0 Å². The molecule has 2 aliphatic rings. The average molecular weight is 300 g/mol. The molecule has 7 nitrogen and oxygen atoms in total. The van der Waals surface area contributed by atoms with Gasteiger partial charge in [-0.1, -0.05) is 6.08 Å². The minimum Gasteiger partial charge on any atom is -0.383 e. The van der Waals surface area contributed by atoms with Gasteiger partial charge in [0.25, 0.3) is 0 Å². The van der Waals surface area contributed by atoms with Crippen LogP contribution >= 0.6 is 0 Å². The lowest BCUT2D eigenvalue weighted by Crippen LogP contribution is -2.39. The smallest absolute Gasteiger partial charge is 0.344 e.